The molecule has 1 aliphatic carbocycles. The molecule has 1 fully saturated rings. The van der Waals surface area contributed by atoms with Crippen molar-refractivity contribution in [3.05, 3.63) is 24.3 Å². The minimum Gasteiger partial charge on any atom is -0.494 e. The molecule has 1 aromatic rings. The van der Waals surface area contributed by atoms with Gasteiger partial charge in [0.2, 0.25) is 0 Å². The second-order valence-electron chi connectivity index (χ2n) is 10.1. The van der Waals surface area contributed by atoms with Crippen LogP contribution in [0.4, 0.5) is 10.5 Å². The highest BCUT2D eigenvalue weighted by molar-refractivity contribution is 5.89. The van der Waals surface area contributed by atoms with Gasteiger partial charge in [-0.05, 0) is 61.3 Å². The van der Waals surface area contributed by atoms with Crippen molar-refractivity contribution < 1.29 is 9.53 Å². The molecule has 30 heavy (non-hydrogen) atoms. The molecular weight excluding hydrogens is 372 g/mol. The topological polar surface area (TPSA) is 50.4 Å². The molecule has 2 atom stereocenters. The lowest BCUT2D eigenvalue weighted by molar-refractivity contribution is 0.154. The zero-order valence-electron chi connectivity index (χ0n) is 19.8. The number of hydrogen-bond donors (Lipinski definition) is 2. The number of carbonyl (C=O) groups excluding carboxylic acids is 1. The number of urea groups is 1. The summed E-state index contributed by atoms with van der Waals surface area (Å²) in [6.07, 6.45) is 13.7. The molecular formula is C26H44N2O2. The standard InChI is InChI=1S/C26H44N2O2/c1-5-6-7-8-9-10-11-12-17-30-24-15-13-22(14-16-24)27-25(29)28-23-18-21(2)19-26(3,4)20-23/h13-16,21,23H,5-12,17-20H2,1-4H3,(H2,27,28,29)/t21-,23-/m0/s1. The molecule has 0 unspecified atom stereocenters. The number of unbranched alkanes of at least 4 members (excludes halogenated alkanes) is 7. The van der Waals surface area contributed by atoms with E-state index in [1.54, 1.807) is 0 Å². The van der Waals surface area contributed by atoms with E-state index in [0.717, 1.165) is 37.3 Å². The highest BCUT2D eigenvalue weighted by Gasteiger charge is 2.32. The van der Waals surface area contributed by atoms with Gasteiger partial charge in [-0.15, -0.1) is 0 Å². The highest BCUT2D eigenvalue weighted by Crippen LogP contribution is 2.38. The Morgan fingerprint density at radius 1 is 1.00 bits per heavy atom. The van der Waals surface area contributed by atoms with E-state index in [2.05, 4.69) is 38.3 Å². The van der Waals surface area contributed by atoms with Crippen LogP contribution < -0.4 is 15.4 Å². The maximum Gasteiger partial charge on any atom is 0.319 e. The molecule has 0 spiro atoms. The molecule has 2 rings (SSSR count). The maximum absolute atomic E-state index is 12.4. The van der Waals surface area contributed by atoms with E-state index < -0.39 is 0 Å². The van der Waals surface area contributed by atoms with Crippen LogP contribution in [0.25, 0.3) is 0 Å². The fourth-order valence-corrected chi connectivity index (χ4v) is 4.87. The van der Waals surface area contributed by atoms with Gasteiger partial charge < -0.3 is 15.4 Å². The van der Waals surface area contributed by atoms with Crippen LogP contribution in [-0.2, 0) is 0 Å². The molecule has 0 saturated heterocycles. The average Bonchev–Trinajstić information content (AvgIpc) is 2.66. The summed E-state index contributed by atoms with van der Waals surface area (Å²) in [5.74, 6) is 1.52. The molecule has 2 amide bonds. The predicted molar refractivity (Wildman–Crippen MR) is 127 cm³/mol. The zero-order chi connectivity index (χ0) is 21.8. The van der Waals surface area contributed by atoms with Crippen LogP contribution in [0.3, 0.4) is 0 Å². The second kappa shape index (κ2) is 12.9. The summed E-state index contributed by atoms with van der Waals surface area (Å²) in [5.41, 5.74) is 1.10. The first-order valence-electron chi connectivity index (χ1n) is 12.2. The lowest BCUT2D eigenvalue weighted by Crippen LogP contribution is -2.44. The number of anilines is 1. The number of carbonyl (C=O) groups is 1. The minimum atomic E-state index is -0.113. The van der Waals surface area contributed by atoms with E-state index in [0.29, 0.717) is 11.3 Å². The van der Waals surface area contributed by atoms with Gasteiger partial charge >= 0.3 is 6.03 Å². The molecule has 0 aliphatic heterocycles. The minimum absolute atomic E-state index is 0.113. The summed E-state index contributed by atoms with van der Waals surface area (Å²) >= 11 is 0. The number of ether oxygens (including phenoxy) is 1. The van der Waals surface area contributed by atoms with Gasteiger partial charge in [0.15, 0.2) is 0 Å². The summed E-state index contributed by atoms with van der Waals surface area (Å²) in [5, 5.41) is 6.11. The summed E-state index contributed by atoms with van der Waals surface area (Å²) in [7, 11) is 0. The van der Waals surface area contributed by atoms with Crippen molar-refractivity contribution in [2.75, 3.05) is 11.9 Å². The molecule has 4 nitrogen and oxygen atoms in total. The van der Waals surface area contributed by atoms with Gasteiger partial charge in [0.05, 0.1) is 6.61 Å². The van der Waals surface area contributed by atoms with Crippen LogP contribution in [-0.4, -0.2) is 18.7 Å². The van der Waals surface area contributed by atoms with Crippen molar-refractivity contribution in [1.29, 1.82) is 0 Å². The number of hydrogen-bond acceptors (Lipinski definition) is 2. The summed E-state index contributed by atoms with van der Waals surface area (Å²) in [4.78, 5) is 12.4. The third-order valence-electron chi connectivity index (χ3n) is 6.10. The van der Waals surface area contributed by atoms with Crippen molar-refractivity contribution in [2.24, 2.45) is 11.3 Å². The van der Waals surface area contributed by atoms with Crippen molar-refractivity contribution >= 4 is 11.7 Å². The largest absolute Gasteiger partial charge is 0.494 e. The molecule has 4 heteroatoms. The van der Waals surface area contributed by atoms with Crippen LogP contribution in [0.1, 0.15) is 98.3 Å². The van der Waals surface area contributed by atoms with Gasteiger partial charge in [-0.2, -0.15) is 0 Å². The Hall–Kier alpha value is -1.71. The second-order valence-corrected chi connectivity index (χ2v) is 10.1. The smallest absolute Gasteiger partial charge is 0.319 e. The molecule has 0 bridgehead atoms. The molecule has 0 radical (unpaired) electrons. The van der Waals surface area contributed by atoms with Crippen molar-refractivity contribution in [1.82, 2.24) is 5.32 Å². The van der Waals surface area contributed by atoms with E-state index >= 15 is 0 Å². The molecule has 1 saturated carbocycles. The molecule has 1 aliphatic rings. The lowest BCUT2D eigenvalue weighted by atomic mass is 9.71. The Bertz CT molecular complexity index is 612. The lowest BCUT2D eigenvalue weighted by Gasteiger charge is -2.39. The van der Waals surface area contributed by atoms with Crippen LogP contribution in [0.2, 0.25) is 0 Å². The third kappa shape index (κ3) is 9.86. The maximum atomic E-state index is 12.4. The Kier molecular flexibility index (Phi) is 10.5. The number of amides is 2. The van der Waals surface area contributed by atoms with Crippen molar-refractivity contribution in [2.45, 2.75) is 104 Å². The van der Waals surface area contributed by atoms with E-state index in [9.17, 15) is 4.79 Å². The van der Waals surface area contributed by atoms with E-state index in [-0.39, 0.29) is 12.1 Å². The SMILES string of the molecule is CCCCCCCCCCOc1ccc(NC(=O)N[C@H]2C[C@H](C)CC(C)(C)C2)cc1. The van der Waals surface area contributed by atoms with Gasteiger partial charge in [0, 0.05) is 11.7 Å². The normalized spacial score (nSPS) is 20.5. The fraction of sp³-hybridized carbons (Fsp3) is 0.731. The monoisotopic (exact) mass is 416 g/mol. The Morgan fingerprint density at radius 2 is 1.63 bits per heavy atom. The quantitative estimate of drug-likeness (QED) is 0.346. The summed E-state index contributed by atoms with van der Waals surface area (Å²) in [6.45, 7) is 9.88. The van der Waals surface area contributed by atoms with Gasteiger partial charge in [-0.3, -0.25) is 0 Å². The highest BCUT2D eigenvalue weighted by atomic mass is 16.5. The van der Waals surface area contributed by atoms with Crippen LogP contribution in [0.15, 0.2) is 24.3 Å². The summed E-state index contributed by atoms with van der Waals surface area (Å²) < 4.78 is 5.84. The predicted octanol–water partition coefficient (Wildman–Crippen LogP) is 7.54. The Morgan fingerprint density at radius 3 is 2.27 bits per heavy atom. The Balaban J connectivity index is 1.61. The fourth-order valence-electron chi connectivity index (χ4n) is 4.87. The third-order valence-corrected chi connectivity index (χ3v) is 6.10. The van der Waals surface area contributed by atoms with E-state index in [4.69, 9.17) is 4.74 Å². The molecule has 0 aromatic heterocycles. The average molecular weight is 417 g/mol. The summed E-state index contributed by atoms with van der Waals surface area (Å²) in [6, 6.07) is 7.83. The van der Waals surface area contributed by atoms with Gasteiger partial charge in [-0.25, -0.2) is 4.79 Å². The molecule has 2 N–H and O–H groups in total. The first-order valence-corrected chi connectivity index (χ1v) is 12.2. The van der Waals surface area contributed by atoms with Gasteiger partial charge in [-0.1, -0.05) is 72.6 Å². The van der Waals surface area contributed by atoms with E-state index in [1.165, 1.54) is 51.4 Å². The van der Waals surface area contributed by atoms with Crippen molar-refractivity contribution in [3.8, 4) is 5.75 Å². The Labute approximate surface area is 184 Å². The first kappa shape index (κ1) is 24.6. The van der Waals surface area contributed by atoms with E-state index in [1.807, 2.05) is 24.3 Å². The zero-order valence-corrected chi connectivity index (χ0v) is 19.8. The van der Waals surface area contributed by atoms with Crippen LogP contribution >= 0.6 is 0 Å². The first-order chi connectivity index (χ1) is 14.4. The van der Waals surface area contributed by atoms with Gasteiger partial charge in [0.1, 0.15) is 5.75 Å². The number of benzene rings is 1. The van der Waals surface area contributed by atoms with Gasteiger partial charge in [0.25, 0.3) is 0 Å². The number of nitrogens with one attached hydrogen (secondary N) is 2. The van der Waals surface area contributed by atoms with Crippen LogP contribution in [0, 0.1) is 11.3 Å². The van der Waals surface area contributed by atoms with Crippen LogP contribution in [0.5, 0.6) is 5.75 Å². The number of rotatable bonds is 12. The molecule has 170 valence electrons. The molecule has 0 heterocycles. The van der Waals surface area contributed by atoms with Crippen molar-refractivity contribution in [3.63, 3.8) is 0 Å². The molecule has 1 aromatic carbocycles.